The molecule has 1 saturated carbocycles. The van der Waals surface area contributed by atoms with Gasteiger partial charge in [0.1, 0.15) is 11.4 Å². The molecule has 6 atom stereocenters. The molecule has 2 aliphatic rings. The van der Waals surface area contributed by atoms with Gasteiger partial charge in [0.2, 0.25) is 5.91 Å². The van der Waals surface area contributed by atoms with E-state index in [1.54, 1.807) is 0 Å². The van der Waals surface area contributed by atoms with Gasteiger partial charge in [0.05, 0.1) is 11.5 Å². The fourth-order valence-corrected chi connectivity index (χ4v) is 8.36. The summed E-state index contributed by atoms with van der Waals surface area (Å²) in [5.74, 6) is 2.01. The molecule has 2 fully saturated rings. The fraction of sp³-hybridized carbons (Fsp3) is 0.513. The molecule has 1 amide bonds. The summed E-state index contributed by atoms with van der Waals surface area (Å²) in [6.07, 6.45) is -1.68. The largest absolute Gasteiger partial charge is 0.482 e. The Kier molecular flexibility index (Phi) is 9.72. The van der Waals surface area contributed by atoms with Crippen molar-refractivity contribution in [1.29, 1.82) is 0 Å². The molecule has 6 heteroatoms. The maximum Gasteiger partial charge on any atom is 0.416 e. The van der Waals surface area contributed by atoms with Gasteiger partial charge >= 0.3 is 6.18 Å². The van der Waals surface area contributed by atoms with Crippen LogP contribution < -0.4 is 4.74 Å². The van der Waals surface area contributed by atoms with Gasteiger partial charge in [-0.15, -0.1) is 0 Å². The van der Waals surface area contributed by atoms with E-state index in [2.05, 4.69) is 58.9 Å². The number of fused-ring (bicyclic) bond motifs is 1. The fourth-order valence-electron chi connectivity index (χ4n) is 8.36. The van der Waals surface area contributed by atoms with Crippen molar-refractivity contribution in [3.05, 3.63) is 101 Å². The minimum Gasteiger partial charge on any atom is -0.482 e. The Balaban J connectivity index is 1.55. The van der Waals surface area contributed by atoms with Crippen LogP contribution in [0.3, 0.4) is 0 Å². The quantitative estimate of drug-likeness (QED) is 0.251. The Morgan fingerprint density at radius 3 is 2.20 bits per heavy atom. The van der Waals surface area contributed by atoms with Crippen LogP contribution in [0.1, 0.15) is 82.6 Å². The number of likely N-dealkylation sites (tertiary alicyclic amines) is 1. The van der Waals surface area contributed by atoms with Gasteiger partial charge in [0, 0.05) is 24.9 Å². The van der Waals surface area contributed by atoms with E-state index in [0.717, 1.165) is 42.5 Å². The second-order valence-electron chi connectivity index (χ2n) is 14.2. The van der Waals surface area contributed by atoms with Crippen molar-refractivity contribution < 1.29 is 22.7 Å². The predicted octanol–water partition coefficient (Wildman–Crippen LogP) is 9.76. The van der Waals surface area contributed by atoms with E-state index in [1.165, 1.54) is 17.7 Å². The second-order valence-corrected chi connectivity index (χ2v) is 14.2. The minimum absolute atomic E-state index is 0.0332. The van der Waals surface area contributed by atoms with Gasteiger partial charge in [-0.1, -0.05) is 89.2 Å². The molecule has 1 aliphatic heterocycles. The zero-order valence-electron chi connectivity index (χ0n) is 27.5. The predicted molar refractivity (Wildman–Crippen MR) is 174 cm³/mol. The summed E-state index contributed by atoms with van der Waals surface area (Å²) in [5, 5.41) is 0. The van der Waals surface area contributed by atoms with Crippen LogP contribution in [0, 0.1) is 35.5 Å². The first-order valence-electron chi connectivity index (χ1n) is 16.6. The molecule has 1 heterocycles. The molecule has 5 rings (SSSR count). The second kappa shape index (κ2) is 13.2. The van der Waals surface area contributed by atoms with Crippen molar-refractivity contribution in [1.82, 2.24) is 4.90 Å². The van der Waals surface area contributed by atoms with E-state index >= 15 is 0 Å². The summed E-state index contributed by atoms with van der Waals surface area (Å²) in [4.78, 5) is 16.4. The normalized spacial score (nSPS) is 26.1. The monoisotopic (exact) mass is 619 g/mol. The van der Waals surface area contributed by atoms with Crippen molar-refractivity contribution in [3.8, 4) is 5.75 Å². The smallest absolute Gasteiger partial charge is 0.416 e. The lowest BCUT2D eigenvalue weighted by atomic mass is 9.53. The third-order valence-corrected chi connectivity index (χ3v) is 10.5. The van der Waals surface area contributed by atoms with E-state index in [1.807, 2.05) is 42.2 Å². The van der Waals surface area contributed by atoms with Crippen molar-refractivity contribution in [2.45, 2.75) is 78.5 Å². The molecule has 6 unspecified atom stereocenters. The number of alkyl halides is 3. The number of halogens is 3. The lowest BCUT2D eigenvalue weighted by molar-refractivity contribution is -0.161. The number of amides is 1. The lowest BCUT2D eigenvalue weighted by Gasteiger charge is -2.58. The Morgan fingerprint density at radius 2 is 1.58 bits per heavy atom. The molecule has 0 bridgehead atoms. The summed E-state index contributed by atoms with van der Waals surface area (Å²) >= 11 is 0. The van der Waals surface area contributed by atoms with Gasteiger partial charge in [-0.25, -0.2) is 0 Å². The number of hydrogen-bond donors (Lipinski definition) is 0. The third-order valence-electron chi connectivity index (χ3n) is 10.5. The van der Waals surface area contributed by atoms with Crippen LogP contribution in [0.5, 0.6) is 5.75 Å². The van der Waals surface area contributed by atoms with Gasteiger partial charge in [-0.3, -0.25) is 4.79 Å². The molecule has 0 aromatic heterocycles. The summed E-state index contributed by atoms with van der Waals surface area (Å²) in [5.41, 5.74) is 1.82. The SMILES string of the molecule is CC(C)Cc1ccccc1C(C)C(=O)N1CCC2C(C(C)C)CC(C)C(Oc3ccc(C(F)(F)F)cc3)(c3ccccc3)C2C1. The number of nitrogens with zero attached hydrogens (tertiary/aromatic N) is 1. The third kappa shape index (κ3) is 6.66. The highest BCUT2D eigenvalue weighted by Gasteiger charge is 2.58. The number of carbonyl (C=O) groups is 1. The van der Waals surface area contributed by atoms with Crippen molar-refractivity contribution in [2.24, 2.45) is 35.5 Å². The van der Waals surface area contributed by atoms with Crippen LogP contribution in [-0.4, -0.2) is 23.9 Å². The van der Waals surface area contributed by atoms with E-state index in [9.17, 15) is 18.0 Å². The topological polar surface area (TPSA) is 29.5 Å². The highest BCUT2D eigenvalue weighted by atomic mass is 19.4. The molecule has 45 heavy (non-hydrogen) atoms. The number of hydrogen-bond acceptors (Lipinski definition) is 2. The summed E-state index contributed by atoms with van der Waals surface area (Å²) in [7, 11) is 0. The minimum atomic E-state index is -4.42. The Morgan fingerprint density at radius 1 is 0.933 bits per heavy atom. The zero-order valence-corrected chi connectivity index (χ0v) is 27.5. The van der Waals surface area contributed by atoms with E-state index in [-0.39, 0.29) is 23.7 Å². The standard InChI is InChI=1S/C39H48F3NO2/c1-25(2)22-29-12-10-11-15-33(29)28(6)37(44)43-21-20-34-35(26(3)4)23-27(5)38(36(34)24-43,30-13-8-7-9-14-30)45-32-18-16-31(17-19-32)39(40,41)42/h7-19,25-28,34-36H,20-24H2,1-6H3. The Hall–Kier alpha value is -3.28. The van der Waals surface area contributed by atoms with Crippen molar-refractivity contribution in [3.63, 3.8) is 0 Å². The molecular formula is C39H48F3NO2. The van der Waals surface area contributed by atoms with Crippen molar-refractivity contribution >= 4 is 5.91 Å². The molecule has 3 nitrogen and oxygen atoms in total. The van der Waals surface area contributed by atoms with Crippen LogP contribution in [0.4, 0.5) is 13.2 Å². The molecule has 0 N–H and O–H groups in total. The highest BCUT2D eigenvalue weighted by Crippen LogP contribution is 2.57. The Bertz CT molecular complexity index is 1430. The van der Waals surface area contributed by atoms with Gasteiger partial charge in [-0.2, -0.15) is 13.2 Å². The average Bonchev–Trinajstić information content (AvgIpc) is 3.01. The molecular weight excluding hydrogens is 571 g/mol. The maximum atomic E-state index is 14.3. The summed E-state index contributed by atoms with van der Waals surface area (Å²) in [6.45, 7) is 14.4. The highest BCUT2D eigenvalue weighted by molar-refractivity contribution is 5.84. The lowest BCUT2D eigenvalue weighted by Crippen LogP contribution is -2.62. The first kappa shape index (κ1) is 33.1. The molecule has 0 spiro atoms. The van der Waals surface area contributed by atoms with Crippen molar-refractivity contribution in [2.75, 3.05) is 13.1 Å². The molecule has 1 saturated heterocycles. The number of piperidine rings is 1. The molecule has 3 aromatic rings. The van der Waals surface area contributed by atoms with E-state index in [4.69, 9.17) is 4.74 Å². The van der Waals surface area contributed by atoms with Crippen LogP contribution in [0.25, 0.3) is 0 Å². The molecule has 242 valence electrons. The molecule has 1 aliphatic carbocycles. The number of benzene rings is 3. The molecule has 3 aromatic carbocycles. The van der Waals surface area contributed by atoms with Gasteiger partial charge in [0.25, 0.3) is 0 Å². The Labute approximate surface area is 267 Å². The average molecular weight is 620 g/mol. The van der Waals surface area contributed by atoms with Gasteiger partial charge in [0.15, 0.2) is 0 Å². The number of ether oxygens (including phenoxy) is 1. The summed E-state index contributed by atoms with van der Waals surface area (Å²) in [6, 6.07) is 23.5. The van der Waals surface area contributed by atoms with E-state index in [0.29, 0.717) is 42.5 Å². The van der Waals surface area contributed by atoms with Gasteiger partial charge in [-0.05, 0) is 90.8 Å². The van der Waals surface area contributed by atoms with Gasteiger partial charge < -0.3 is 9.64 Å². The van der Waals surface area contributed by atoms with E-state index < -0.39 is 17.3 Å². The van der Waals surface area contributed by atoms with Crippen LogP contribution in [0.2, 0.25) is 0 Å². The number of carbonyl (C=O) groups excluding carboxylic acids is 1. The van der Waals surface area contributed by atoms with Crippen LogP contribution >= 0.6 is 0 Å². The first-order valence-corrected chi connectivity index (χ1v) is 16.6. The summed E-state index contributed by atoms with van der Waals surface area (Å²) < 4.78 is 47.3. The first-order chi connectivity index (χ1) is 21.3. The van der Waals surface area contributed by atoms with Crippen LogP contribution in [-0.2, 0) is 23.0 Å². The maximum absolute atomic E-state index is 14.3. The van der Waals surface area contributed by atoms with Crippen LogP contribution in [0.15, 0.2) is 78.9 Å². The molecule has 0 radical (unpaired) electrons. The number of rotatable bonds is 8. The zero-order chi connectivity index (χ0) is 32.5.